The van der Waals surface area contributed by atoms with Crippen LogP contribution in [0, 0.1) is 11.8 Å². The summed E-state index contributed by atoms with van der Waals surface area (Å²) < 4.78 is 5.13. The molecular formula is C14H24N2O4. The van der Waals surface area contributed by atoms with Crippen molar-refractivity contribution < 1.29 is 19.4 Å². The highest BCUT2D eigenvalue weighted by Crippen LogP contribution is 2.39. The lowest BCUT2D eigenvalue weighted by molar-refractivity contribution is -0.144. The second kappa shape index (κ2) is 5.99. The van der Waals surface area contributed by atoms with E-state index in [9.17, 15) is 14.7 Å². The number of methoxy groups -OCH3 is 1. The van der Waals surface area contributed by atoms with Gasteiger partial charge in [-0.3, -0.25) is 0 Å². The summed E-state index contributed by atoms with van der Waals surface area (Å²) in [7, 11) is 1.69. The number of hydrogen-bond donors (Lipinski definition) is 2. The molecule has 0 aromatic rings. The van der Waals surface area contributed by atoms with Crippen molar-refractivity contribution in [3.63, 3.8) is 0 Å². The van der Waals surface area contributed by atoms with E-state index < -0.39 is 11.5 Å². The van der Waals surface area contributed by atoms with Gasteiger partial charge in [-0.25, -0.2) is 9.59 Å². The summed E-state index contributed by atoms with van der Waals surface area (Å²) in [6.07, 6.45) is 3.57. The fourth-order valence-electron chi connectivity index (χ4n) is 2.83. The van der Waals surface area contributed by atoms with Crippen LogP contribution in [-0.2, 0) is 9.53 Å². The van der Waals surface area contributed by atoms with Crippen molar-refractivity contribution in [3.8, 4) is 0 Å². The Kier molecular flexibility index (Phi) is 4.52. The van der Waals surface area contributed by atoms with Crippen molar-refractivity contribution in [1.82, 2.24) is 10.2 Å². The van der Waals surface area contributed by atoms with Crippen molar-refractivity contribution in [2.75, 3.05) is 26.8 Å². The Hall–Kier alpha value is -1.30. The molecule has 1 heterocycles. The molecule has 2 aliphatic rings. The van der Waals surface area contributed by atoms with Gasteiger partial charge in [-0.15, -0.1) is 0 Å². The van der Waals surface area contributed by atoms with E-state index in [-0.39, 0.29) is 11.9 Å². The van der Waals surface area contributed by atoms with E-state index in [1.807, 2.05) is 0 Å². The van der Waals surface area contributed by atoms with Gasteiger partial charge in [0.15, 0.2) is 0 Å². The van der Waals surface area contributed by atoms with Gasteiger partial charge in [-0.05, 0) is 44.4 Å². The van der Waals surface area contributed by atoms with E-state index in [1.54, 1.807) is 18.9 Å². The minimum Gasteiger partial charge on any atom is -0.480 e. The van der Waals surface area contributed by atoms with Gasteiger partial charge in [0.2, 0.25) is 0 Å². The minimum absolute atomic E-state index is 0.0648. The third-order valence-corrected chi connectivity index (χ3v) is 4.51. The van der Waals surface area contributed by atoms with Gasteiger partial charge >= 0.3 is 12.0 Å². The number of carbonyl (C=O) groups excluding carboxylic acids is 1. The Labute approximate surface area is 119 Å². The Balaban J connectivity index is 1.87. The van der Waals surface area contributed by atoms with Gasteiger partial charge in [0.25, 0.3) is 0 Å². The van der Waals surface area contributed by atoms with E-state index in [4.69, 9.17) is 4.74 Å². The van der Waals surface area contributed by atoms with Crippen LogP contribution in [0.15, 0.2) is 0 Å². The quantitative estimate of drug-likeness (QED) is 0.798. The molecule has 1 saturated carbocycles. The molecule has 1 aliphatic carbocycles. The second-order valence-corrected chi connectivity index (χ2v) is 6.10. The number of ether oxygens (including phenoxy) is 1. The van der Waals surface area contributed by atoms with Crippen LogP contribution in [0.3, 0.4) is 0 Å². The summed E-state index contributed by atoms with van der Waals surface area (Å²) in [6, 6.07) is -0.252. The topological polar surface area (TPSA) is 78.9 Å². The first-order chi connectivity index (χ1) is 9.47. The van der Waals surface area contributed by atoms with E-state index in [2.05, 4.69) is 5.32 Å². The first-order valence-electron chi connectivity index (χ1n) is 7.26. The molecule has 114 valence electrons. The molecule has 1 unspecified atom stereocenters. The summed E-state index contributed by atoms with van der Waals surface area (Å²) in [5, 5.41) is 12.1. The molecule has 6 heteroatoms. The summed E-state index contributed by atoms with van der Waals surface area (Å²) in [6.45, 7) is 3.67. The first kappa shape index (κ1) is 15.1. The number of hydrogen-bond acceptors (Lipinski definition) is 3. The smallest absolute Gasteiger partial charge is 0.329 e. The van der Waals surface area contributed by atoms with Crippen molar-refractivity contribution >= 4 is 12.0 Å². The molecule has 1 atom stereocenters. The van der Waals surface area contributed by atoms with E-state index >= 15 is 0 Å². The lowest BCUT2D eigenvalue weighted by Crippen LogP contribution is -2.58. The van der Waals surface area contributed by atoms with Gasteiger partial charge in [-0.1, -0.05) is 0 Å². The highest BCUT2D eigenvalue weighted by molar-refractivity contribution is 5.86. The summed E-state index contributed by atoms with van der Waals surface area (Å²) in [5.41, 5.74) is -1.12. The van der Waals surface area contributed by atoms with E-state index in [0.717, 1.165) is 32.3 Å². The second-order valence-electron chi connectivity index (χ2n) is 6.10. The van der Waals surface area contributed by atoms with Crippen LogP contribution in [-0.4, -0.2) is 54.4 Å². The number of aliphatic carboxylic acids is 1. The van der Waals surface area contributed by atoms with Gasteiger partial charge in [0.1, 0.15) is 5.54 Å². The highest BCUT2D eigenvalue weighted by Gasteiger charge is 2.49. The lowest BCUT2D eigenvalue weighted by atomic mass is 9.95. The zero-order chi connectivity index (χ0) is 14.8. The predicted octanol–water partition coefficient (Wildman–Crippen LogP) is 1.31. The normalized spacial score (nSPS) is 23.2. The van der Waals surface area contributed by atoms with Crippen LogP contribution in [0.1, 0.15) is 32.6 Å². The van der Waals surface area contributed by atoms with Crippen molar-refractivity contribution in [3.05, 3.63) is 0 Å². The van der Waals surface area contributed by atoms with Crippen molar-refractivity contribution in [2.24, 2.45) is 11.8 Å². The molecule has 2 fully saturated rings. The van der Waals surface area contributed by atoms with Gasteiger partial charge in [0.05, 0.1) is 0 Å². The number of nitrogens with one attached hydrogen (secondary N) is 1. The molecule has 2 amide bonds. The molecule has 2 N–H and O–H groups in total. The monoisotopic (exact) mass is 284 g/mol. The molecule has 1 aliphatic heterocycles. The van der Waals surface area contributed by atoms with Gasteiger partial charge in [-0.2, -0.15) is 0 Å². The predicted molar refractivity (Wildman–Crippen MR) is 73.5 cm³/mol. The molecule has 1 saturated heterocycles. The average molecular weight is 284 g/mol. The molecule has 20 heavy (non-hydrogen) atoms. The van der Waals surface area contributed by atoms with Gasteiger partial charge in [0, 0.05) is 26.8 Å². The van der Waals surface area contributed by atoms with E-state index in [0.29, 0.717) is 19.0 Å². The molecule has 2 rings (SSSR count). The zero-order valence-corrected chi connectivity index (χ0v) is 12.2. The van der Waals surface area contributed by atoms with Crippen molar-refractivity contribution in [1.29, 1.82) is 0 Å². The fourth-order valence-corrected chi connectivity index (χ4v) is 2.83. The van der Waals surface area contributed by atoms with Crippen LogP contribution in [0.5, 0.6) is 0 Å². The maximum Gasteiger partial charge on any atom is 0.329 e. The Morgan fingerprint density at radius 3 is 2.35 bits per heavy atom. The molecule has 0 aromatic carbocycles. The van der Waals surface area contributed by atoms with Crippen LogP contribution < -0.4 is 5.32 Å². The van der Waals surface area contributed by atoms with E-state index in [1.165, 1.54) is 0 Å². The number of likely N-dealkylation sites (tertiary alicyclic amines) is 1. The van der Waals surface area contributed by atoms with Crippen LogP contribution in [0.25, 0.3) is 0 Å². The maximum atomic E-state index is 12.2. The molecule has 0 bridgehead atoms. The van der Waals surface area contributed by atoms with Crippen LogP contribution in [0.2, 0.25) is 0 Å². The van der Waals surface area contributed by atoms with Gasteiger partial charge < -0.3 is 20.1 Å². The number of carboxylic acids is 1. The third-order valence-electron chi connectivity index (χ3n) is 4.51. The number of nitrogens with zero attached hydrogens (tertiary/aromatic N) is 1. The molecule has 6 nitrogen and oxygen atoms in total. The summed E-state index contributed by atoms with van der Waals surface area (Å²) >= 11 is 0. The zero-order valence-electron chi connectivity index (χ0n) is 12.2. The molecular weight excluding hydrogens is 260 g/mol. The molecule has 0 spiro atoms. The maximum absolute atomic E-state index is 12.2. The Bertz CT molecular complexity index is 375. The summed E-state index contributed by atoms with van der Waals surface area (Å²) in [4.78, 5) is 25.4. The first-order valence-corrected chi connectivity index (χ1v) is 7.26. The van der Waals surface area contributed by atoms with Crippen LogP contribution in [0.4, 0.5) is 4.79 Å². The summed E-state index contributed by atoms with van der Waals surface area (Å²) in [5.74, 6) is -0.379. The number of amides is 2. The fraction of sp³-hybridized carbons (Fsp3) is 0.857. The standard InChI is InChI=1S/C14H24N2O4/c1-14(12(17)18,11-3-4-11)15-13(19)16-7-5-10(6-8-16)9-20-2/h10-11H,3-9H2,1-2H3,(H,15,19)(H,17,18). The number of piperidine rings is 1. The van der Waals surface area contributed by atoms with Crippen LogP contribution >= 0.6 is 0 Å². The largest absolute Gasteiger partial charge is 0.480 e. The Morgan fingerprint density at radius 2 is 1.90 bits per heavy atom. The third kappa shape index (κ3) is 3.23. The molecule has 0 aromatic heterocycles. The van der Waals surface area contributed by atoms with Crippen molar-refractivity contribution in [2.45, 2.75) is 38.1 Å². The molecule has 0 radical (unpaired) electrons. The lowest BCUT2D eigenvalue weighted by Gasteiger charge is -2.35. The SMILES string of the molecule is COCC1CCN(C(=O)NC(C)(C(=O)O)C2CC2)CC1. The number of carboxylic acid groups (broad SMARTS) is 1. The number of urea groups is 1. The average Bonchev–Trinajstić information content (AvgIpc) is 3.24. The Morgan fingerprint density at radius 1 is 1.30 bits per heavy atom. The minimum atomic E-state index is -1.12. The number of carbonyl (C=O) groups is 2. The number of rotatable bonds is 5. The highest BCUT2D eigenvalue weighted by atomic mass is 16.5.